The van der Waals surface area contributed by atoms with Crippen LogP contribution in [0.5, 0.6) is 0 Å². The average molecular weight is 216 g/mol. The second-order valence-corrected chi connectivity index (χ2v) is 3.16. The quantitative estimate of drug-likeness (QED) is 0.734. The second kappa shape index (κ2) is 4.07. The Hall–Kier alpha value is -2.28. The van der Waals surface area contributed by atoms with Gasteiger partial charge in [0.15, 0.2) is 11.6 Å². The van der Waals surface area contributed by atoms with Crippen LogP contribution in [0.2, 0.25) is 0 Å². The van der Waals surface area contributed by atoms with Gasteiger partial charge in [-0.1, -0.05) is 0 Å². The molecule has 0 saturated heterocycles. The molecule has 1 aromatic carbocycles. The number of benzene rings is 1. The van der Waals surface area contributed by atoms with Crippen molar-refractivity contribution in [2.75, 3.05) is 0 Å². The number of hydrogen-bond acceptors (Lipinski definition) is 2. The van der Waals surface area contributed by atoms with Crippen molar-refractivity contribution >= 4 is 0 Å². The number of nitriles is 1. The lowest BCUT2D eigenvalue weighted by molar-refractivity contribution is 0.508. The Bertz CT molecular complexity index is 559. The molecule has 0 amide bonds. The lowest BCUT2D eigenvalue weighted by Crippen LogP contribution is -1.91. The average Bonchev–Trinajstić information content (AvgIpc) is 2.33. The molecule has 0 N–H and O–H groups in total. The van der Waals surface area contributed by atoms with Crippen molar-refractivity contribution in [2.24, 2.45) is 0 Å². The molecule has 2 aromatic rings. The largest absolute Gasteiger partial charge is 0.265 e. The number of hydrogen-bond donors (Lipinski definition) is 0. The van der Waals surface area contributed by atoms with Crippen LogP contribution in [-0.2, 0) is 0 Å². The first-order valence-electron chi connectivity index (χ1n) is 4.52. The zero-order valence-corrected chi connectivity index (χ0v) is 8.11. The monoisotopic (exact) mass is 216 g/mol. The van der Waals surface area contributed by atoms with Crippen molar-refractivity contribution in [2.45, 2.75) is 0 Å². The molecule has 0 atom stereocenters. The van der Waals surface area contributed by atoms with E-state index in [0.29, 0.717) is 11.1 Å². The fourth-order valence-electron chi connectivity index (χ4n) is 1.41. The molecule has 2 nitrogen and oxygen atoms in total. The van der Waals surface area contributed by atoms with Crippen LogP contribution in [0.1, 0.15) is 5.56 Å². The molecule has 2 rings (SSSR count). The van der Waals surface area contributed by atoms with Gasteiger partial charge >= 0.3 is 0 Å². The molecule has 0 aliphatic heterocycles. The molecular weight excluding hydrogens is 210 g/mol. The van der Waals surface area contributed by atoms with Crippen LogP contribution in [0.25, 0.3) is 11.1 Å². The Balaban J connectivity index is 2.66. The summed E-state index contributed by atoms with van der Waals surface area (Å²) in [5.41, 5.74) is 1.10. The first-order chi connectivity index (χ1) is 7.72. The third-order valence-electron chi connectivity index (χ3n) is 2.17. The van der Waals surface area contributed by atoms with Crippen LogP contribution >= 0.6 is 0 Å². The summed E-state index contributed by atoms with van der Waals surface area (Å²) in [5.74, 6) is -1.99. The summed E-state index contributed by atoms with van der Waals surface area (Å²) in [7, 11) is 0. The minimum absolute atomic E-state index is 0.102. The molecule has 78 valence electrons. The van der Waals surface area contributed by atoms with Gasteiger partial charge < -0.3 is 0 Å². The van der Waals surface area contributed by atoms with Crippen LogP contribution in [0.15, 0.2) is 36.7 Å². The SMILES string of the molecule is N#Cc1cc(F)c(F)cc1-c1ccncc1. The third kappa shape index (κ3) is 1.75. The normalized spacial score (nSPS) is 9.81. The summed E-state index contributed by atoms with van der Waals surface area (Å²) < 4.78 is 26.0. The van der Waals surface area contributed by atoms with E-state index in [1.54, 1.807) is 12.1 Å². The van der Waals surface area contributed by atoms with E-state index in [1.807, 2.05) is 6.07 Å². The molecule has 1 aromatic heterocycles. The zero-order chi connectivity index (χ0) is 11.5. The molecule has 0 aliphatic carbocycles. The van der Waals surface area contributed by atoms with Crippen LogP contribution in [-0.4, -0.2) is 4.98 Å². The first-order valence-corrected chi connectivity index (χ1v) is 4.52. The summed E-state index contributed by atoms with van der Waals surface area (Å²) in [6, 6.07) is 7.01. The van der Waals surface area contributed by atoms with Gasteiger partial charge in [0.05, 0.1) is 11.6 Å². The van der Waals surface area contributed by atoms with E-state index in [1.165, 1.54) is 12.4 Å². The van der Waals surface area contributed by atoms with Gasteiger partial charge in [-0.25, -0.2) is 8.78 Å². The van der Waals surface area contributed by atoms with Gasteiger partial charge in [0.25, 0.3) is 0 Å². The molecule has 0 fully saturated rings. The van der Waals surface area contributed by atoms with E-state index in [-0.39, 0.29) is 5.56 Å². The highest BCUT2D eigenvalue weighted by Crippen LogP contribution is 2.25. The van der Waals surface area contributed by atoms with Gasteiger partial charge in [-0.2, -0.15) is 5.26 Å². The Morgan fingerprint density at radius 2 is 1.69 bits per heavy atom. The highest BCUT2D eigenvalue weighted by Gasteiger charge is 2.10. The number of pyridine rings is 1. The maximum atomic E-state index is 13.1. The molecule has 0 saturated carbocycles. The number of nitrogens with zero attached hydrogens (tertiary/aromatic N) is 2. The number of rotatable bonds is 1. The van der Waals surface area contributed by atoms with Crippen LogP contribution in [0.4, 0.5) is 8.78 Å². The van der Waals surface area contributed by atoms with E-state index in [4.69, 9.17) is 5.26 Å². The predicted octanol–water partition coefficient (Wildman–Crippen LogP) is 2.90. The highest BCUT2D eigenvalue weighted by atomic mass is 19.2. The maximum absolute atomic E-state index is 13.1. The molecule has 16 heavy (non-hydrogen) atoms. The zero-order valence-electron chi connectivity index (χ0n) is 8.11. The van der Waals surface area contributed by atoms with E-state index in [9.17, 15) is 8.78 Å². The smallest absolute Gasteiger partial charge is 0.160 e. The van der Waals surface area contributed by atoms with Crippen LogP contribution < -0.4 is 0 Å². The summed E-state index contributed by atoms with van der Waals surface area (Å²) in [6.07, 6.45) is 3.05. The predicted molar refractivity (Wildman–Crippen MR) is 54.3 cm³/mol. The van der Waals surface area contributed by atoms with Gasteiger partial charge in [0.2, 0.25) is 0 Å². The van der Waals surface area contributed by atoms with Crippen LogP contribution in [0.3, 0.4) is 0 Å². The van der Waals surface area contributed by atoms with E-state index in [2.05, 4.69) is 4.98 Å². The fourth-order valence-corrected chi connectivity index (χ4v) is 1.41. The van der Waals surface area contributed by atoms with Gasteiger partial charge in [-0.15, -0.1) is 0 Å². The minimum atomic E-state index is -1.02. The van der Waals surface area contributed by atoms with Gasteiger partial charge in [-0.05, 0) is 29.8 Å². The number of aromatic nitrogens is 1. The highest BCUT2D eigenvalue weighted by molar-refractivity contribution is 5.70. The van der Waals surface area contributed by atoms with Crippen molar-refractivity contribution in [1.29, 1.82) is 5.26 Å². The summed E-state index contributed by atoms with van der Waals surface area (Å²) in [6.45, 7) is 0. The Morgan fingerprint density at radius 1 is 1.06 bits per heavy atom. The van der Waals surface area contributed by atoms with E-state index >= 15 is 0 Å². The van der Waals surface area contributed by atoms with Crippen molar-refractivity contribution < 1.29 is 8.78 Å². The summed E-state index contributed by atoms with van der Waals surface area (Å²) in [5, 5.41) is 8.84. The maximum Gasteiger partial charge on any atom is 0.160 e. The second-order valence-electron chi connectivity index (χ2n) is 3.16. The standard InChI is InChI=1S/C12H6F2N2/c13-11-5-9(7-15)10(6-12(11)14)8-1-3-16-4-2-8/h1-6H. The first kappa shape index (κ1) is 10.2. The molecule has 0 aliphatic rings. The molecule has 4 heteroatoms. The lowest BCUT2D eigenvalue weighted by Gasteiger charge is -2.04. The molecule has 0 bridgehead atoms. The minimum Gasteiger partial charge on any atom is -0.265 e. The van der Waals surface area contributed by atoms with E-state index < -0.39 is 11.6 Å². The Kier molecular flexibility index (Phi) is 2.61. The van der Waals surface area contributed by atoms with E-state index in [0.717, 1.165) is 12.1 Å². The fraction of sp³-hybridized carbons (Fsp3) is 0. The third-order valence-corrected chi connectivity index (χ3v) is 2.17. The molecule has 0 spiro atoms. The van der Waals surface area contributed by atoms with Crippen molar-refractivity contribution in [3.05, 3.63) is 53.9 Å². The molecule has 0 unspecified atom stereocenters. The van der Waals surface area contributed by atoms with Gasteiger partial charge in [-0.3, -0.25) is 4.98 Å². The molecule has 1 heterocycles. The van der Waals surface area contributed by atoms with Crippen molar-refractivity contribution in [1.82, 2.24) is 4.98 Å². The molecular formula is C12H6F2N2. The Labute approximate surface area is 90.8 Å². The lowest BCUT2D eigenvalue weighted by atomic mass is 10.0. The van der Waals surface area contributed by atoms with Crippen LogP contribution in [0, 0.1) is 23.0 Å². The van der Waals surface area contributed by atoms with Gasteiger partial charge in [0, 0.05) is 18.0 Å². The van der Waals surface area contributed by atoms with Crippen molar-refractivity contribution in [3.8, 4) is 17.2 Å². The van der Waals surface area contributed by atoms with Crippen molar-refractivity contribution in [3.63, 3.8) is 0 Å². The van der Waals surface area contributed by atoms with Gasteiger partial charge in [0.1, 0.15) is 0 Å². The number of halogens is 2. The topological polar surface area (TPSA) is 36.7 Å². The molecule has 0 radical (unpaired) electrons. The Morgan fingerprint density at radius 3 is 2.31 bits per heavy atom. The summed E-state index contributed by atoms with van der Waals surface area (Å²) >= 11 is 0. The summed E-state index contributed by atoms with van der Waals surface area (Å²) in [4.78, 5) is 3.82.